The zero-order valence-corrected chi connectivity index (χ0v) is 66.8. The van der Waals surface area contributed by atoms with Crippen LogP contribution in [0.2, 0.25) is 10.0 Å². The zero-order chi connectivity index (χ0) is 84.9. The van der Waals surface area contributed by atoms with E-state index in [1.165, 1.54) is 63.2 Å². The van der Waals surface area contributed by atoms with Gasteiger partial charge in [-0.2, -0.15) is 59.9 Å². The number of alkyl halides is 9. The lowest BCUT2D eigenvalue weighted by molar-refractivity contribution is -0.138. The fraction of sp³-hybridized carbons (Fsp3) is 0.317. The normalized spacial score (nSPS) is 16.4. The smallest absolute Gasteiger partial charge is 0.330 e. The van der Waals surface area contributed by atoms with Crippen LogP contribution in [0, 0.1) is 54.3 Å². The van der Waals surface area contributed by atoms with Gasteiger partial charge >= 0.3 is 18.5 Å². The maximum absolute atomic E-state index is 13.6. The number of aromatic nitrogens is 16. The fourth-order valence-corrected chi connectivity index (χ4v) is 15.6. The molecule has 0 fully saturated rings. The van der Waals surface area contributed by atoms with Crippen LogP contribution >= 0.6 is 23.2 Å². The number of H-pyrrole nitrogens is 4. The van der Waals surface area contributed by atoms with Gasteiger partial charge in [0, 0.05) is 87.9 Å². The van der Waals surface area contributed by atoms with Crippen LogP contribution in [0.25, 0.3) is 45.6 Å². The van der Waals surface area contributed by atoms with Crippen LogP contribution < -0.4 is 0 Å². The number of hydrogen-bond donors (Lipinski definition) is 4. The van der Waals surface area contributed by atoms with Crippen molar-refractivity contribution in [2.24, 2.45) is 0 Å². The van der Waals surface area contributed by atoms with Gasteiger partial charge in [0.1, 0.15) is 29.1 Å². The summed E-state index contributed by atoms with van der Waals surface area (Å²) in [7, 11) is 0. The van der Waals surface area contributed by atoms with Gasteiger partial charge in [-0.3, -0.25) is 39.6 Å². The van der Waals surface area contributed by atoms with Gasteiger partial charge in [0.25, 0.3) is 23.6 Å². The zero-order valence-electron chi connectivity index (χ0n) is 65.3. The molecule has 0 saturated heterocycles. The van der Waals surface area contributed by atoms with Crippen molar-refractivity contribution >= 4 is 46.8 Å². The van der Waals surface area contributed by atoms with E-state index < -0.39 is 58.8 Å². The Labute approximate surface area is 678 Å². The number of hydrogen-bond acceptors (Lipinski definition) is 16. The monoisotopic (exact) mass is 1660 g/mol. The second-order valence-corrected chi connectivity index (χ2v) is 29.9. The highest BCUT2D eigenvalue weighted by atomic mass is 35.5. The van der Waals surface area contributed by atoms with Gasteiger partial charge in [-0.25, -0.2) is 44.3 Å². The molecule has 118 heavy (non-hydrogen) atoms. The summed E-state index contributed by atoms with van der Waals surface area (Å²) in [5, 5.41) is 27.2. The van der Waals surface area contributed by atoms with E-state index in [9.17, 15) is 63.1 Å². The summed E-state index contributed by atoms with van der Waals surface area (Å²) in [4.78, 5) is 95.4. The standard InChI is InChI=1S/3C21H20F3N5O.C19H16Cl2FN5O/c3*1-11-9-15-18(26-13(3)27-19(15)17-7-8-25-28-17)10-29(11)20(30)14-5-4-6-16(12(14)2)21(22,23)24;1-9-7-12-15(24-10(2)25-18(12)14-5-6-23-26-14)8-27(9)19(28)11-3-4-13(22)17(21)16(11)20/h3*4-8,11H,9-10H2,1-3H3,(H,25,28);3-6,9H,7-8H2,1-2H3,(H,23,26)/t11-;;;9-/m0..1/s1. The van der Waals surface area contributed by atoms with E-state index in [0.29, 0.717) is 72.6 Å². The summed E-state index contributed by atoms with van der Waals surface area (Å²) in [5.74, 6) is -0.0182. The van der Waals surface area contributed by atoms with Crippen molar-refractivity contribution in [1.29, 1.82) is 0 Å². The predicted octanol–water partition coefficient (Wildman–Crippen LogP) is 16.5. The predicted molar refractivity (Wildman–Crippen MR) is 415 cm³/mol. The third kappa shape index (κ3) is 17.2. The molecule has 0 bridgehead atoms. The largest absolute Gasteiger partial charge is 0.416 e. The molecule has 0 spiro atoms. The highest BCUT2D eigenvalue weighted by molar-refractivity contribution is 6.44. The van der Waals surface area contributed by atoms with Crippen LogP contribution in [-0.4, -0.2) is 148 Å². The molecular weight excluding hydrogens is 1590 g/mol. The average molecular weight is 1670 g/mol. The van der Waals surface area contributed by atoms with Gasteiger partial charge in [-0.15, -0.1) is 0 Å². The van der Waals surface area contributed by atoms with Crippen LogP contribution in [-0.2, 0) is 70.4 Å². The SMILES string of the molecule is Cc1nc2c(c(-c3ccn[nH]3)n1)CC(C)N(C(=O)c1cccc(C(F)(F)F)c1C)C2.Cc1nc2c(c(-c3ccn[nH]3)n1)CC(C)N(C(=O)c1cccc(C(F)(F)F)c1C)C2.Cc1nc2c(c(-c3ccn[nH]3)n1)C[C@@H](C)N(C(=O)c1ccc(F)c(Cl)c1Cl)C2.Cc1nc2c(c(-c3ccn[nH]3)n1)C[C@H](C)N(C(=O)c1cccc(C(F)(F)F)c1C)C2. The number of amides is 4. The third-order valence-corrected chi connectivity index (χ3v) is 22.0. The topological polar surface area (TPSA) is 299 Å². The lowest BCUT2D eigenvalue weighted by Gasteiger charge is -2.35. The summed E-state index contributed by atoms with van der Waals surface area (Å²) in [6.45, 7) is 19.6. The van der Waals surface area contributed by atoms with E-state index in [1.807, 2.05) is 52.0 Å². The molecule has 12 aromatic rings. The number of carbonyl (C=O) groups is 4. The van der Waals surface area contributed by atoms with Crippen molar-refractivity contribution in [1.82, 2.24) is 100 Å². The fourth-order valence-electron chi connectivity index (χ4n) is 15.3. The summed E-state index contributed by atoms with van der Waals surface area (Å²) >= 11 is 12.0. The quantitative estimate of drug-likeness (QED) is 0.0812. The number of fused-ring (bicyclic) bond motifs is 4. The summed E-state index contributed by atoms with van der Waals surface area (Å²) in [6.07, 6.45) is -4.90. The molecule has 16 rings (SSSR count). The van der Waals surface area contributed by atoms with E-state index in [1.54, 1.807) is 72.1 Å². The van der Waals surface area contributed by atoms with Crippen molar-refractivity contribution in [3.8, 4) is 45.6 Å². The first-order chi connectivity index (χ1) is 55.9. The first-order valence-electron chi connectivity index (χ1n) is 37.2. The molecule has 612 valence electrons. The molecule has 0 aliphatic carbocycles. The molecule has 4 aliphatic rings. The van der Waals surface area contributed by atoms with Crippen LogP contribution in [0.3, 0.4) is 0 Å². The van der Waals surface area contributed by atoms with Crippen molar-refractivity contribution in [2.45, 2.75) is 171 Å². The Balaban J connectivity index is 0.000000136. The van der Waals surface area contributed by atoms with Gasteiger partial charge in [0.2, 0.25) is 0 Å². The maximum Gasteiger partial charge on any atom is 0.416 e. The lowest BCUT2D eigenvalue weighted by atomic mass is 9.94. The molecule has 4 amide bonds. The Hall–Kier alpha value is -12.2. The second-order valence-electron chi connectivity index (χ2n) is 29.2. The minimum Gasteiger partial charge on any atom is -0.330 e. The van der Waals surface area contributed by atoms with Gasteiger partial charge < -0.3 is 19.6 Å². The number of rotatable bonds is 8. The van der Waals surface area contributed by atoms with E-state index in [2.05, 4.69) is 80.7 Å². The molecule has 24 nitrogen and oxygen atoms in total. The van der Waals surface area contributed by atoms with Crippen molar-refractivity contribution in [3.05, 3.63) is 256 Å². The molecule has 0 saturated carbocycles. The van der Waals surface area contributed by atoms with Crippen LogP contribution in [0.15, 0.2) is 116 Å². The number of halogens is 12. The molecule has 4 N–H and O–H groups in total. The number of benzene rings is 4. The molecule has 4 aromatic carbocycles. The van der Waals surface area contributed by atoms with Crippen LogP contribution in [0.1, 0.15) is 171 Å². The Morgan fingerprint density at radius 1 is 0.347 bits per heavy atom. The van der Waals surface area contributed by atoms with Gasteiger partial charge in [0.05, 0.1) is 127 Å². The highest BCUT2D eigenvalue weighted by Gasteiger charge is 2.42. The Bertz CT molecular complexity index is 5390. The van der Waals surface area contributed by atoms with Crippen molar-refractivity contribution < 1.29 is 63.1 Å². The van der Waals surface area contributed by atoms with E-state index in [0.717, 1.165) is 97.8 Å². The first kappa shape index (κ1) is 83.7. The molecule has 8 aromatic heterocycles. The van der Waals surface area contributed by atoms with Gasteiger partial charge in [-0.1, -0.05) is 41.4 Å². The Kier molecular flexibility index (Phi) is 23.7. The van der Waals surface area contributed by atoms with Crippen LogP contribution in [0.5, 0.6) is 0 Å². The van der Waals surface area contributed by atoms with Gasteiger partial charge in [-0.05, 0) is 191 Å². The number of aromatic amines is 4. The highest BCUT2D eigenvalue weighted by Crippen LogP contribution is 2.41. The van der Waals surface area contributed by atoms with Crippen LogP contribution in [0.4, 0.5) is 43.9 Å². The first-order valence-corrected chi connectivity index (χ1v) is 37.9. The number of carbonyl (C=O) groups excluding carboxylic acids is 4. The molecule has 12 heterocycles. The summed E-state index contributed by atoms with van der Waals surface area (Å²) in [6, 6.07) is 20.1. The van der Waals surface area contributed by atoms with E-state index in [4.69, 9.17) is 23.2 Å². The summed E-state index contributed by atoms with van der Waals surface area (Å²) in [5.41, 5.74) is 10.5. The minimum atomic E-state index is -4.51. The van der Waals surface area contributed by atoms with E-state index >= 15 is 0 Å². The molecule has 0 radical (unpaired) electrons. The number of aryl methyl sites for hydroxylation is 4. The number of nitrogens with zero attached hydrogens (tertiary/aromatic N) is 16. The molecule has 2 unspecified atom stereocenters. The average Bonchev–Trinajstić information content (AvgIpc) is 1.06. The minimum absolute atomic E-state index is 0.0553. The molecule has 36 heteroatoms. The van der Waals surface area contributed by atoms with Crippen molar-refractivity contribution in [3.63, 3.8) is 0 Å². The Morgan fingerprint density at radius 3 is 0.822 bits per heavy atom. The number of nitrogens with one attached hydrogen (secondary N) is 4. The summed E-state index contributed by atoms with van der Waals surface area (Å²) < 4.78 is 133. The lowest BCUT2D eigenvalue weighted by Crippen LogP contribution is -2.43. The Morgan fingerprint density at radius 2 is 0.593 bits per heavy atom. The van der Waals surface area contributed by atoms with Crippen molar-refractivity contribution in [2.75, 3.05) is 0 Å². The maximum atomic E-state index is 13.6. The molecule has 4 atom stereocenters. The molecule has 4 aliphatic heterocycles. The van der Waals surface area contributed by atoms with Gasteiger partial charge in [0.15, 0.2) is 0 Å². The molecular formula is C82H76Cl2F10N20O4. The third-order valence-electron chi connectivity index (χ3n) is 21.2. The van der Waals surface area contributed by atoms with E-state index in [-0.39, 0.29) is 98.7 Å². The second kappa shape index (κ2) is 33.4.